The van der Waals surface area contributed by atoms with E-state index in [1.165, 1.54) is 16.7 Å². The highest BCUT2D eigenvalue weighted by Gasteiger charge is 2.22. The fraction of sp³-hybridized carbons (Fsp3) is 0.273. The molecule has 0 aliphatic heterocycles. The molecule has 2 atom stereocenters. The van der Waals surface area contributed by atoms with Crippen molar-refractivity contribution in [3.8, 4) is 0 Å². The van der Waals surface area contributed by atoms with Crippen LogP contribution in [0.4, 0.5) is 0 Å². The Morgan fingerprint density at radius 2 is 2.37 bits per heavy atom. The molecule has 102 valence electrons. The first kappa shape index (κ1) is 14.3. The fourth-order valence-electron chi connectivity index (χ4n) is 1.45. The lowest BCUT2D eigenvalue weighted by atomic mass is 10.3. The second kappa shape index (κ2) is 6.38. The SMILES string of the molecule is CCOC(=O)c1csc(C(c2cccs2)S(=O)[O-])n1. The van der Waals surface area contributed by atoms with Gasteiger partial charge < -0.3 is 9.29 Å². The normalized spacial score (nSPS) is 14.0. The number of rotatable bonds is 5. The van der Waals surface area contributed by atoms with E-state index in [2.05, 4.69) is 4.98 Å². The van der Waals surface area contributed by atoms with E-state index in [1.54, 1.807) is 24.4 Å². The van der Waals surface area contributed by atoms with Gasteiger partial charge in [-0.05, 0) is 29.5 Å². The number of carbonyl (C=O) groups is 1. The predicted molar refractivity (Wildman–Crippen MR) is 73.2 cm³/mol. The quantitative estimate of drug-likeness (QED) is 0.625. The van der Waals surface area contributed by atoms with Crippen LogP contribution in [-0.2, 0) is 15.8 Å². The summed E-state index contributed by atoms with van der Waals surface area (Å²) in [7, 11) is 0. The van der Waals surface area contributed by atoms with E-state index >= 15 is 0 Å². The van der Waals surface area contributed by atoms with E-state index < -0.39 is 22.3 Å². The Labute approximate surface area is 120 Å². The van der Waals surface area contributed by atoms with Gasteiger partial charge in [-0.25, -0.2) is 9.78 Å². The van der Waals surface area contributed by atoms with E-state index in [1.807, 2.05) is 0 Å². The van der Waals surface area contributed by atoms with Gasteiger partial charge in [0.05, 0.1) is 6.61 Å². The molecule has 2 unspecified atom stereocenters. The van der Waals surface area contributed by atoms with E-state index in [-0.39, 0.29) is 12.3 Å². The van der Waals surface area contributed by atoms with Crippen molar-refractivity contribution in [1.82, 2.24) is 4.98 Å². The minimum Gasteiger partial charge on any atom is -0.772 e. The fourth-order valence-corrected chi connectivity index (χ4v) is 4.30. The maximum absolute atomic E-state index is 11.5. The summed E-state index contributed by atoms with van der Waals surface area (Å²) in [6.07, 6.45) is 0. The highest BCUT2D eigenvalue weighted by atomic mass is 32.2. The molecule has 2 heterocycles. The van der Waals surface area contributed by atoms with E-state index in [4.69, 9.17) is 4.74 Å². The van der Waals surface area contributed by atoms with Crippen LogP contribution in [0.5, 0.6) is 0 Å². The second-order valence-corrected chi connectivity index (χ2v) is 6.31. The lowest BCUT2D eigenvalue weighted by Gasteiger charge is -2.15. The van der Waals surface area contributed by atoms with Crippen molar-refractivity contribution in [3.63, 3.8) is 0 Å². The lowest BCUT2D eigenvalue weighted by molar-refractivity contribution is 0.0520. The highest BCUT2D eigenvalue weighted by molar-refractivity contribution is 7.80. The molecular weight excluding hydrogens is 306 g/mol. The Morgan fingerprint density at radius 3 is 2.95 bits per heavy atom. The van der Waals surface area contributed by atoms with Gasteiger partial charge in [-0.2, -0.15) is 0 Å². The van der Waals surface area contributed by atoms with Gasteiger partial charge in [0.25, 0.3) is 0 Å². The Morgan fingerprint density at radius 1 is 1.58 bits per heavy atom. The van der Waals surface area contributed by atoms with Crippen LogP contribution >= 0.6 is 22.7 Å². The van der Waals surface area contributed by atoms with E-state index in [0.29, 0.717) is 9.88 Å². The molecule has 19 heavy (non-hydrogen) atoms. The number of thiophene rings is 1. The minimum absolute atomic E-state index is 0.147. The van der Waals surface area contributed by atoms with Crippen LogP contribution in [0.15, 0.2) is 22.9 Å². The maximum Gasteiger partial charge on any atom is 0.357 e. The molecule has 0 aliphatic rings. The number of hydrogen-bond acceptors (Lipinski definition) is 7. The third kappa shape index (κ3) is 3.27. The highest BCUT2D eigenvalue weighted by Crippen LogP contribution is 2.32. The molecule has 0 amide bonds. The number of ether oxygens (including phenoxy) is 1. The molecule has 0 saturated carbocycles. The van der Waals surface area contributed by atoms with Gasteiger partial charge in [0, 0.05) is 10.3 Å². The molecule has 0 N–H and O–H groups in total. The summed E-state index contributed by atoms with van der Waals surface area (Å²) in [6.45, 7) is 1.96. The van der Waals surface area contributed by atoms with Crippen LogP contribution < -0.4 is 0 Å². The molecule has 8 heteroatoms. The van der Waals surface area contributed by atoms with Gasteiger partial charge in [0.2, 0.25) is 0 Å². The van der Waals surface area contributed by atoms with Gasteiger partial charge in [0.15, 0.2) is 5.69 Å². The Bertz CT molecular complexity index is 579. The van der Waals surface area contributed by atoms with E-state index in [9.17, 15) is 13.6 Å². The zero-order valence-electron chi connectivity index (χ0n) is 9.90. The number of esters is 1. The van der Waals surface area contributed by atoms with Crippen LogP contribution in [-0.4, -0.2) is 26.3 Å². The summed E-state index contributed by atoms with van der Waals surface area (Å²) in [5, 5.41) is 2.86. The molecule has 2 aromatic rings. The second-order valence-electron chi connectivity index (χ2n) is 3.45. The summed E-state index contributed by atoms with van der Waals surface area (Å²) < 4.78 is 27.5. The van der Waals surface area contributed by atoms with Crippen LogP contribution in [0.25, 0.3) is 0 Å². The summed E-state index contributed by atoms with van der Waals surface area (Å²) in [5.41, 5.74) is 0.147. The first-order valence-electron chi connectivity index (χ1n) is 5.37. The molecule has 0 aromatic carbocycles. The van der Waals surface area contributed by atoms with Crippen molar-refractivity contribution in [2.24, 2.45) is 0 Å². The summed E-state index contributed by atoms with van der Waals surface area (Å²) in [5.74, 6) is -0.536. The summed E-state index contributed by atoms with van der Waals surface area (Å²) in [4.78, 5) is 16.3. The number of hydrogen-bond donors (Lipinski definition) is 0. The topological polar surface area (TPSA) is 79.3 Å². The van der Waals surface area contributed by atoms with Gasteiger partial charge in [-0.1, -0.05) is 6.07 Å². The largest absolute Gasteiger partial charge is 0.772 e. The van der Waals surface area contributed by atoms with Crippen molar-refractivity contribution in [1.29, 1.82) is 0 Å². The monoisotopic (exact) mass is 316 g/mol. The first-order valence-corrected chi connectivity index (χ1v) is 8.27. The third-order valence-electron chi connectivity index (χ3n) is 2.22. The zero-order chi connectivity index (χ0) is 13.8. The van der Waals surface area contributed by atoms with Crippen molar-refractivity contribution in [3.05, 3.63) is 38.5 Å². The standard InChI is InChI=1S/C11H11NO4S3/c1-2-16-11(13)7-6-18-10(12-7)9(19(14)15)8-4-3-5-17-8/h3-6,9H,2H2,1H3,(H,14,15)/p-1. The number of aromatic nitrogens is 1. The number of thiazole rings is 1. The van der Waals surface area contributed by atoms with Gasteiger partial charge in [-0.3, -0.25) is 4.21 Å². The molecule has 0 fully saturated rings. The zero-order valence-corrected chi connectivity index (χ0v) is 12.3. The molecule has 0 aliphatic carbocycles. The average molecular weight is 316 g/mol. The van der Waals surface area contributed by atoms with Crippen LogP contribution in [0.2, 0.25) is 0 Å². The lowest BCUT2D eigenvalue weighted by Crippen LogP contribution is -2.08. The smallest absolute Gasteiger partial charge is 0.357 e. The number of nitrogens with zero attached hydrogens (tertiary/aromatic N) is 1. The maximum atomic E-state index is 11.5. The average Bonchev–Trinajstić information content (AvgIpc) is 3.00. The van der Waals surface area contributed by atoms with Crippen LogP contribution in [0, 0.1) is 0 Å². The van der Waals surface area contributed by atoms with Gasteiger partial charge in [0.1, 0.15) is 10.3 Å². The van der Waals surface area contributed by atoms with Crippen molar-refractivity contribution in [2.45, 2.75) is 12.2 Å². The summed E-state index contributed by atoms with van der Waals surface area (Å²) >= 11 is 0.148. The van der Waals surface area contributed by atoms with Crippen LogP contribution in [0.3, 0.4) is 0 Å². The molecule has 2 aromatic heterocycles. The third-order valence-corrected chi connectivity index (χ3v) is 5.23. The predicted octanol–water partition coefficient (Wildman–Crippen LogP) is 2.35. The van der Waals surface area contributed by atoms with Gasteiger partial charge in [-0.15, -0.1) is 22.7 Å². The van der Waals surface area contributed by atoms with Crippen molar-refractivity contribution < 1.29 is 18.3 Å². The van der Waals surface area contributed by atoms with Crippen molar-refractivity contribution in [2.75, 3.05) is 6.61 Å². The van der Waals surface area contributed by atoms with E-state index in [0.717, 1.165) is 11.3 Å². The molecule has 0 saturated heterocycles. The Balaban J connectivity index is 2.29. The molecule has 5 nitrogen and oxygen atoms in total. The van der Waals surface area contributed by atoms with Gasteiger partial charge >= 0.3 is 5.97 Å². The van der Waals surface area contributed by atoms with Crippen molar-refractivity contribution >= 4 is 39.7 Å². The molecule has 2 rings (SSSR count). The summed E-state index contributed by atoms with van der Waals surface area (Å²) in [6, 6.07) is 3.51. The molecule has 0 radical (unpaired) electrons. The molecule has 0 bridgehead atoms. The first-order chi connectivity index (χ1) is 9.13. The van der Waals surface area contributed by atoms with Crippen LogP contribution in [0.1, 0.15) is 32.5 Å². The Hall–Kier alpha value is -1.09. The Kier molecular flexibility index (Phi) is 4.81. The minimum atomic E-state index is -2.33. The molecular formula is C11H10NO4S3-. The number of carbonyl (C=O) groups excluding carboxylic acids is 1. The molecule has 0 spiro atoms.